The van der Waals surface area contributed by atoms with Gasteiger partial charge in [0, 0.05) is 0 Å². The number of carbonyl (C=O) groups is 2. The SMILES string of the molecule is O=C1Nc2ccc(OS(=O)(=O)F)cc2C1=O. The summed E-state index contributed by atoms with van der Waals surface area (Å²) in [6.45, 7) is 0. The lowest BCUT2D eigenvalue weighted by Gasteiger charge is -2.01. The predicted molar refractivity (Wildman–Crippen MR) is 50.1 cm³/mol. The molecule has 6 nitrogen and oxygen atoms in total. The van der Waals surface area contributed by atoms with Crippen LogP contribution in [0.2, 0.25) is 0 Å². The summed E-state index contributed by atoms with van der Waals surface area (Å²) in [5.41, 5.74) is 0.185. The molecule has 0 saturated carbocycles. The number of hydrogen-bond donors (Lipinski definition) is 1. The molecule has 0 fully saturated rings. The van der Waals surface area contributed by atoms with E-state index in [1.165, 1.54) is 6.07 Å². The number of rotatable bonds is 2. The van der Waals surface area contributed by atoms with Gasteiger partial charge in [0.15, 0.2) is 0 Å². The molecule has 16 heavy (non-hydrogen) atoms. The fraction of sp³-hybridized carbons (Fsp3) is 0. The molecule has 84 valence electrons. The van der Waals surface area contributed by atoms with Crippen LogP contribution < -0.4 is 9.50 Å². The molecule has 1 heterocycles. The first kappa shape index (κ1) is 10.6. The number of ketones is 1. The Bertz CT molecular complexity index is 594. The van der Waals surface area contributed by atoms with E-state index < -0.39 is 22.2 Å². The summed E-state index contributed by atoms with van der Waals surface area (Å²) >= 11 is 0. The summed E-state index contributed by atoms with van der Waals surface area (Å²) in [5, 5.41) is 2.25. The normalized spacial score (nSPS) is 14.6. The fourth-order valence-electron chi connectivity index (χ4n) is 1.29. The van der Waals surface area contributed by atoms with Crippen molar-refractivity contribution in [3.8, 4) is 5.75 Å². The topological polar surface area (TPSA) is 89.5 Å². The first-order valence-corrected chi connectivity index (χ1v) is 5.31. The van der Waals surface area contributed by atoms with Gasteiger partial charge in [0.2, 0.25) is 0 Å². The molecule has 1 amide bonds. The Hall–Kier alpha value is -1.96. The molecule has 1 aliphatic heterocycles. The van der Waals surface area contributed by atoms with Crippen molar-refractivity contribution in [3.05, 3.63) is 23.8 Å². The summed E-state index contributed by atoms with van der Waals surface area (Å²) in [4.78, 5) is 22.1. The minimum absolute atomic E-state index is 0.0499. The molecule has 1 N–H and O–H groups in total. The number of carbonyl (C=O) groups excluding carboxylic acids is 2. The largest absolute Gasteiger partial charge is 0.488 e. The summed E-state index contributed by atoms with van der Waals surface area (Å²) in [5.74, 6) is -2.02. The van der Waals surface area contributed by atoms with Crippen LogP contribution in [-0.4, -0.2) is 20.1 Å². The molecule has 0 spiro atoms. The Morgan fingerprint density at radius 2 is 1.94 bits per heavy atom. The third-order valence-electron chi connectivity index (χ3n) is 1.89. The van der Waals surface area contributed by atoms with Crippen LogP contribution in [0.3, 0.4) is 0 Å². The van der Waals surface area contributed by atoms with Crippen LogP contribution >= 0.6 is 0 Å². The lowest BCUT2D eigenvalue weighted by atomic mass is 10.1. The van der Waals surface area contributed by atoms with Crippen molar-refractivity contribution in [2.24, 2.45) is 0 Å². The van der Waals surface area contributed by atoms with E-state index in [-0.39, 0.29) is 17.0 Å². The van der Waals surface area contributed by atoms with Crippen molar-refractivity contribution in [1.29, 1.82) is 0 Å². The molecule has 0 aliphatic carbocycles. The van der Waals surface area contributed by atoms with Crippen molar-refractivity contribution in [3.63, 3.8) is 0 Å². The van der Waals surface area contributed by atoms with Gasteiger partial charge in [0.05, 0.1) is 11.3 Å². The molecule has 1 aromatic rings. The van der Waals surface area contributed by atoms with Crippen molar-refractivity contribution in [1.82, 2.24) is 0 Å². The van der Waals surface area contributed by atoms with E-state index in [0.29, 0.717) is 0 Å². The summed E-state index contributed by atoms with van der Waals surface area (Å²) in [6, 6.07) is 3.35. The first-order chi connectivity index (χ1) is 7.37. The summed E-state index contributed by atoms with van der Waals surface area (Å²) < 4.78 is 36.5. The minimum Gasteiger partial charge on any atom is -0.358 e. The number of amides is 1. The molecule has 0 aromatic heterocycles. The summed E-state index contributed by atoms with van der Waals surface area (Å²) in [7, 11) is -5.14. The zero-order valence-corrected chi connectivity index (χ0v) is 8.38. The highest BCUT2D eigenvalue weighted by atomic mass is 32.3. The van der Waals surface area contributed by atoms with Gasteiger partial charge in [-0.05, 0) is 18.2 Å². The Morgan fingerprint density at radius 3 is 2.56 bits per heavy atom. The zero-order valence-electron chi connectivity index (χ0n) is 7.56. The van der Waals surface area contributed by atoms with Crippen LogP contribution in [0.5, 0.6) is 5.75 Å². The number of Topliss-reactive ketones (excluding diaryl/α,β-unsaturated/α-hetero) is 1. The molecule has 0 radical (unpaired) electrons. The molecular weight excluding hydrogens is 241 g/mol. The molecule has 0 atom stereocenters. The van der Waals surface area contributed by atoms with Crippen LogP contribution in [0.25, 0.3) is 0 Å². The van der Waals surface area contributed by atoms with Crippen LogP contribution in [0.4, 0.5) is 9.57 Å². The van der Waals surface area contributed by atoms with Crippen LogP contribution in [-0.2, 0) is 15.3 Å². The molecular formula is C8H4FNO5S. The van der Waals surface area contributed by atoms with Gasteiger partial charge in [-0.15, -0.1) is 0 Å². The average Bonchev–Trinajstić information content (AvgIpc) is 2.42. The third-order valence-corrected chi connectivity index (χ3v) is 2.28. The predicted octanol–water partition coefficient (Wildman–Crippen LogP) is 0.415. The standard InChI is InChI=1S/C8H4FNO5S/c9-16(13,14)15-4-1-2-6-5(3-4)7(11)8(12)10-6/h1-3H,(H,10,11,12). The molecule has 0 unspecified atom stereocenters. The van der Waals surface area contributed by atoms with Crippen molar-refractivity contribution >= 4 is 27.9 Å². The lowest BCUT2D eigenvalue weighted by Crippen LogP contribution is -2.12. The Balaban J connectivity index is 2.42. The van der Waals surface area contributed by atoms with Crippen LogP contribution in [0.1, 0.15) is 10.4 Å². The Kier molecular flexibility index (Phi) is 2.16. The minimum atomic E-state index is -5.14. The second kappa shape index (κ2) is 3.27. The van der Waals surface area contributed by atoms with Gasteiger partial charge in [-0.3, -0.25) is 9.59 Å². The van der Waals surface area contributed by atoms with Crippen LogP contribution in [0, 0.1) is 0 Å². The Labute approximate surface area is 89.4 Å². The highest BCUT2D eigenvalue weighted by molar-refractivity contribution is 7.81. The maximum Gasteiger partial charge on any atom is 0.488 e. The number of anilines is 1. The monoisotopic (exact) mass is 245 g/mol. The lowest BCUT2D eigenvalue weighted by molar-refractivity contribution is -0.112. The molecule has 8 heteroatoms. The highest BCUT2D eigenvalue weighted by Gasteiger charge is 2.28. The maximum atomic E-state index is 12.2. The van der Waals surface area contributed by atoms with E-state index in [9.17, 15) is 21.9 Å². The second-order valence-electron chi connectivity index (χ2n) is 2.97. The van der Waals surface area contributed by atoms with Gasteiger partial charge in [-0.2, -0.15) is 8.42 Å². The van der Waals surface area contributed by atoms with Gasteiger partial charge in [0.1, 0.15) is 5.75 Å². The van der Waals surface area contributed by atoms with E-state index in [4.69, 9.17) is 0 Å². The highest BCUT2D eigenvalue weighted by Crippen LogP contribution is 2.27. The number of halogens is 1. The van der Waals surface area contributed by atoms with Gasteiger partial charge < -0.3 is 9.50 Å². The second-order valence-corrected chi connectivity index (χ2v) is 3.92. The maximum absolute atomic E-state index is 12.2. The average molecular weight is 245 g/mol. The van der Waals surface area contributed by atoms with E-state index in [1.807, 2.05) is 0 Å². The molecule has 2 rings (SSSR count). The van der Waals surface area contributed by atoms with Crippen molar-refractivity contribution < 1.29 is 26.1 Å². The number of fused-ring (bicyclic) bond motifs is 1. The van der Waals surface area contributed by atoms with Gasteiger partial charge in [0.25, 0.3) is 11.7 Å². The van der Waals surface area contributed by atoms with Crippen molar-refractivity contribution in [2.75, 3.05) is 5.32 Å². The zero-order chi connectivity index (χ0) is 11.9. The van der Waals surface area contributed by atoms with E-state index >= 15 is 0 Å². The molecule has 0 bridgehead atoms. The molecule has 0 saturated heterocycles. The third kappa shape index (κ3) is 1.87. The van der Waals surface area contributed by atoms with E-state index in [2.05, 4.69) is 9.50 Å². The fourth-order valence-corrected chi connectivity index (χ4v) is 1.62. The van der Waals surface area contributed by atoms with Crippen molar-refractivity contribution in [2.45, 2.75) is 0 Å². The van der Waals surface area contributed by atoms with Gasteiger partial charge in [-0.25, -0.2) is 0 Å². The molecule has 1 aromatic carbocycles. The Morgan fingerprint density at radius 1 is 1.25 bits per heavy atom. The number of hydrogen-bond acceptors (Lipinski definition) is 5. The number of benzene rings is 1. The van der Waals surface area contributed by atoms with Gasteiger partial charge >= 0.3 is 10.5 Å². The summed E-state index contributed by atoms with van der Waals surface area (Å²) in [6.07, 6.45) is 0. The van der Waals surface area contributed by atoms with Crippen LogP contribution in [0.15, 0.2) is 18.2 Å². The van der Waals surface area contributed by atoms with Gasteiger partial charge in [-0.1, -0.05) is 3.89 Å². The molecule has 1 aliphatic rings. The van der Waals surface area contributed by atoms with E-state index in [0.717, 1.165) is 12.1 Å². The van der Waals surface area contributed by atoms with E-state index in [1.54, 1.807) is 0 Å². The quantitative estimate of drug-likeness (QED) is 0.602. The number of nitrogens with one attached hydrogen (secondary N) is 1. The smallest absolute Gasteiger partial charge is 0.358 e. The first-order valence-electron chi connectivity index (χ1n) is 4.00.